The largest absolute Gasteiger partial charge is 0.384 e. The van der Waals surface area contributed by atoms with Crippen molar-refractivity contribution in [2.45, 2.75) is 11.0 Å². The molecular formula is C14H17NO5S. The molecule has 7 heteroatoms. The number of sulfonamides is 1. The van der Waals surface area contributed by atoms with Crippen LogP contribution in [0.25, 0.3) is 0 Å². The monoisotopic (exact) mass is 311 g/mol. The summed E-state index contributed by atoms with van der Waals surface area (Å²) in [7, 11) is -3.69. The molecule has 0 radical (unpaired) electrons. The molecule has 1 fully saturated rings. The Labute approximate surface area is 124 Å². The molecule has 0 aliphatic carbocycles. The molecule has 2 rings (SSSR count). The smallest absolute Gasteiger partial charge is 0.241 e. The fraction of sp³-hybridized carbons (Fsp3) is 0.429. The van der Waals surface area contributed by atoms with Crippen molar-refractivity contribution in [1.82, 2.24) is 4.72 Å². The van der Waals surface area contributed by atoms with Crippen LogP contribution in [0.3, 0.4) is 0 Å². The van der Waals surface area contributed by atoms with Crippen molar-refractivity contribution in [3.05, 3.63) is 29.8 Å². The molecule has 0 amide bonds. The van der Waals surface area contributed by atoms with Gasteiger partial charge in [-0.1, -0.05) is 24.0 Å². The predicted octanol–water partition coefficient (Wildman–Crippen LogP) is -0.276. The van der Waals surface area contributed by atoms with E-state index in [0.29, 0.717) is 25.4 Å². The van der Waals surface area contributed by atoms with Gasteiger partial charge in [0, 0.05) is 12.1 Å². The zero-order chi connectivity index (χ0) is 15.1. The lowest BCUT2D eigenvalue weighted by molar-refractivity contribution is -0.0846. The van der Waals surface area contributed by atoms with Crippen molar-refractivity contribution in [2.24, 2.45) is 0 Å². The normalized spacial score (nSPS) is 18.8. The van der Waals surface area contributed by atoms with Crippen LogP contribution in [0, 0.1) is 11.8 Å². The van der Waals surface area contributed by atoms with Crippen molar-refractivity contribution in [3.63, 3.8) is 0 Å². The van der Waals surface area contributed by atoms with Crippen LogP contribution in [0.2, 0.25) is 0 Å². The number of nitrogens with one attached hydrogen (secondary N) is 1. The van der Waals surface area contributed by atoms with Crippen molar-refractivity contribution < 1.29 is 23.0 Å². The molecule has 1 aromatic rings. The highest BCUT2D eigenvalue weighted by atomic mass is 32.2. The minimum Gasteiger partial charge on any atom is -0.384 e. The number of hydrogen-bond acceptors (Lipinski definition) is 5. The van der Waals surface area contributed by atoms with E-state index >= 15 is 0 Å². The first kappa shape index (κ1) is 15.9. The molecule has 6 nitrogen and oxygen atoms in total. The summed E-state index contributed by atoms with van der Waals surface area (Å²) in [6, 6.07) is 6.39. The highest BCUT2D eigenvalue weighted by Crippen LogP contribution is 2.14. The minimum absolute atomic E-state index is 0.0858. The van der Waals surface area contributed by atoms with Gasteiger partial charge in [-0.05, 0) is 12.1 Å². The summed E-state index contributed by atoms with van der Waals surface area (Å²) in [5.41, 5.74) is 0.347. The first-order valence-electron chi connectivity index (χ1n) is 6.51. The SMILES string of the molecule is O=S(=O)(NCC1COCCO1)c1ccccc1C#CCO. The second-order valence-corrected chi connectivity index (χ2v) is 6.11. The lowest BCUT2D eigenvalue weighted by atomic mass is 10.2. The molecule has 1 aromatic carbocycles. The zero-order valence-electron chi connectivity index (χ0n) is 11.4. The highest BCUT2D eigenvalue weighted by molar-refractivity contribution is 7.89. The van der Waals surface area contributed by atoms with Crippen LogP contribution in [0.5, 0.6) is 0 Å². The Bertz CT molecular complexity index is 626. The average molecular weight is 311 g/mol. The maximum atomic E-state index is 12.3. The van der Waals surface area contributed by atoms with E-state index in [1.807, 2.05) is 0 Å². The van der Waals surface area contributed by atoms with E-state index in [-0.39, 0.29) is 24.2 Å². The topological polar surface area (TPSA) is 84.9 Å². The molecule has 1 unspecified atom stereocenters. The predicted molar refractivity (Wildman–Crippen MR) is 76.2 cm³/mol. The van der Waals surface area contributed by atoms with Crippen molar-refractivity contribution in [2.75, 3.05) is 33.0 Å². The van der Waals surface area contributed by atoms with E-state index in [4.69, 9.17) is 14.6 Å². The van der Waals surface area contributed by atoms with Crippen LogP contribution in [-0.4, -0.2) is 52.6 Å². The van der Waals surface area contributed by atoms with Gasteiger partial charge >= 0.3 is 0 Å². The van der Waals surface area contributed by atoms with Crippen LogP contribution >= 0.6 is 0 Å². The van der Waals surface area contributed by atoms with Gasteiger partial charge in [0.2, 0.25) is 10.0 Å². The van der Waals surface area contributed by atoms with Crippen molar-refractivity contribution in [1.29, 1.82) is 0 Å². The first-order valence-corrected chi connectivity index (χ1v) is 7.99. The van der Waals surface area contributed by atoms with Crippen molar-refractivity contribution >= 4 is 10.0 Å². The van der Waals surface area contributed by atoms with Gasteiger partial charge in [0.15, 0.2) is 0 Å². The third kappa shape index (κ3) is 4.52. The van der Waals surface area contributed by atoms with Gasteiger partial charge in [-0.25, -0.2) is 13.1 Å². The van der Waals surface area contributed by atoms with Gasteiger partial charge in [-0.15, -0.1) is 0 Å². The van der Waals surface area contributed by atoms with Gasteiger partial charge in [-0.2, -0.15) is 0 Å². The quantitative estimate of drug-likeness (QED) is 0.747. The van der Waals surface area contributed by atoms with Gasteiger partial charge in [0.1, 0.15) is 6.61 Å². The van der Waals surface area contributed by atoms with E-state index in [1.54, 1.807) is 18.2 Å². The highest BCUT2D eigenvalue weighted by Gasteiger charge is 2.21. The van der Waals surface area contributed by atoms with Crippen LogP contribution < -0.4 is 4.72 Å². The molecule has 0 saturated carbocycles. The molecule has 1 aliphatic rings. The van der Waals surface area contributed by atoms with E-state index in [0.717, 1.165) is 0 Å². The third-order valence-electron chi connectivity index (χ3n) is 2.86. The lowest BCUT2D eigenvalue weighted by Gasteiger charge is -2.23. The number of benzene rings is 1. The Morgan fingerprint density at radius 1 is 1.33 bits per heavy atom. The van der Waals surface area contributed by atoms with Crippen LogP contribution in [0.1, 0.15) is 5.56 Å². The standard InChI is InChI=1S/C14H17NO5S/c16-7-3-5-12-4-1-2-6-14(12)21(17,18)15-10-13-11-19-8-9-20-13/h1-2,4,6,13,15-16H,7-11H2. The fourth-order valence-electron chi connectivity index (χ4n) is 1.87. The number of rotatable bonds is 4. The molecule has 1 heterocycles. The fourth-order valence-corrected chi connectivity index (χ4v) is 3.10. The Kier molecular flexibility index (Phi) is 5.73. The summed E-state index contributed by atoms with van der Waals surface area (Å²) >= 11 is 0. The Morgan fingerprint density at radius 3 is 2.86 bits per heavy atom. The molecule has 2 N–H and O–H groups in total. The Balaban J connectivity index is 2.11. The van der Waals surface area contributed by atoms with Crippen LogP contribution in [0.4, 0.5) is 0 Å². The number of ether oxygens (including phenoxy) is 2. The molecule has 1 atom stereocenters. The average Bonchev–Trinajstić information content (AvgIpc) is 2.52. The molecule has 0 bridgehead atoms. The van der Waals surface area contributed by atoms with E-state index in [9.17, 15) is 8.42 Å². The summed E-state index contributed by atoms with van der Waals surface area (Å²) in [5.74, 6) is 5.08. The maximum Gasteiger partial charge on any atom is 0.241 e. The molecule has 0 aromatic heterocycles. The van der Waals surface area contributed by atoms with Crippen LogP contribution in [0.15, 0.2) is 29.2 Å². The van der Waals surface area contributed by atoms with Crippen LogP contribution in [-0.2, 0) is 19.5 Å². The molecule has 114 valence electrons. The maximum absolute atomic E-state index is 12.3. The van der Waals surface area contributed by atoms with Crippen molar-refractivity contribution in [3.8, 4) is 11.8 Å². The molecule has 21 heavy (non-hydrogen) atoms. The molecule has 1 aliphatic heterocycles. The molecular weight excluding hydrogens is 294 g/mol. The second-order valence-electron chi connectivity index (χ2n) is 4.38. The summed E-state index contributed by atoms with van der Waals surface area (Å²) in [5, 5.41) is 8.73. The summed E-state index contributed by atoms with van der Waals surface area (Å²) in [4.78, 5) is 0.0858. The summed E-state index contributed by atoms with van der Waals surface area (Å²) < 4.78 is 37.8. The minimum atomic E-state index is -3.69. The Morgan fingerprint density at radius 2 is 2.14 bits per heavy atom. The zero-order valence-corrected chi connectivity index (χ0v) is 12.2. The second kappa shape index (κ2) is 7.54. The number of hydrogen-bond donors (Lipinski definition) is 2. The van der Waals surface area contributed by atoms with E-state index < -0.39 is 10.0 Å². The number of aliphatic hydroxyl groups is 1. The summed E-state index contributed by atoms with van der Waals surface area (Å²) in [6.07, 6.45) is -0.288. The Hall–Kier alpha value is -1.43. The lowest BCUT2D eigenvalue weighted by Crippen LogP contribution is -2.39. The molecule has 1 saturated heterocycles. The van der Waals surface area contributed by atoms with Gasteiger partial charge in [0.25, 0.3) is 0 Å². The van der Waals surface area contributed by atoms with E-state index in [1.165, 1.54) is 6.07 Å². The van der Waals surface area contributed by atoms with Gasteiger partial charge in [0.05, 0.1) is 30.8 Å². The third-order valence-corrected chi connectivity index (χ3v) is 4.35. The van der Waals surface area contributed by atoms with Gasteiger partial charge in [-0.3, -0.25) is 0 Å². The van der Waals surface area contributed by atoms with Gasteiger partial charge < -0.3 is 14.6 Å². The van der Waals surface area contributed by atoms with E-state index in [2.05, 4.69) is 16.6 Å². The number of aliphatic hydroxyl groups excluding tert-OH is 1. The summed E-state index contributed by atoms with van der Waals surface area (Å²) in [6.45, 7) is 1.18. The first-order chi connectivity index (χ1) is 10.1. The molecule has 0 spiro atoms.